The largest absolute Gasteiger partial charge is 0.378 e. The van der Waals surface area contributed by atoms with E-state index in [1.807, 2.05) is 36.4 Å². The Kier molecular flexibility index (Phi) is 6.68. The molecule has 0 aliphatic carbocycles. The molecule has 1 aliphatic heterocycles. The van der Waals surface area contributed by atoms with Crippen LogP contribution in [0.1, 0.15) is 15.9 Å². The number of nitrogens with zero attached hydrogens (tertiary/aromatic N) is 3. The summed E-state index contributed by atoms with van der Waals surface area (Å²) in [5, 5.41) is 6.14. The van der Waals surface area contributed by atoms with Crippen LogP contribution in [0.5, 0.6) is 0 Å². The fourth-order valence-corrected chi connectivity index (χ4v) is 3.94. The van der Waals surface area contributed by atoms with Crippen molar-refractivity contribution in [1.82, 2.24) is 9.97 Å². The van der Waals surface area contributed by atoms with Gasteiger partial charge in [0, 0.05) is 53.7 Å². The number of ether oxygens (including phenoxy) is 1. The van der Waals surface area contributed by atoms with Gasteiger partial charge in [0.15, 0.2) is 0 Å². The predicted molar refractivity (Wildman–Crippen MR) is 139 cm³/mol. The average molecular weight is 466 g/mol. The molecule has 7 nitrogen and oxygen atoms in total. The molecule has 35 heavy (non-hydrogen) atoms. The maximum atomic E-state index is 12.8. The molecule has 1 saturated heterocycles. The first-order valence-electron chi connectivity index (χ1n) is 11.6. The molecule has 0 radical (unpaired) electrons. The topological polar surface area (TPSA) is 79.4 Å². The summed E-state index contributed by atoms with van der Waals surface area (Å²) in [5.74, 6) is 0.292. The van der Waals surface area contributed by atoms with Gasteiger partial charge >= 0.3 is 0 Å². The van der Waals surface area contributed by atoms with Gasteiger partial charge in [-0.05, 0) is 55.0 Å². The lowest BCUT2D eigenvalue weighted by molar-refractivity contribution is 0.102. The van der Waals surface area contributed by atoms with E-state index in [9.17, 15) is 4.79 Å². The van der Waals surface area contributed by atoms with Gasteiger partial charge in [0.05, 0.1) is 13.2 Å². The number of anilines is 4. The highest BCUT2D eigenvalue weighted by Crippen LogP contribution is 2.22. The summed E-state index contributed by atoms with van der Waals surface area (Å²) in [6.07, 6.45) is 3.58. The lowest BCUT2D eigenvalue weighted by atomic mass is 10.1. The summed E-state index contributed by atoms with van der Waals surface area (Å²) in [5.41, 5.74) is 6.39. The number of nitrogens with one attached hydrogen (secondary N) is 2. The van der Waals surface area contributed by atoms with Gasteiger partial charge in [-0.2, -0.15) is 0 Å². The molecule has 1 aliphatic rings. The zero-order chi connectivity index (χ0) is 24.0. The van der Waals surface area contributed by atoms with Crippen molar-refractivity contribution >= 4 is 28.9 Å². The van der Waals surface area contributed by atoms with Crippen molar-refractivity contribution < 1.29 is 9.53 Å². The van der Waals surface area contributed by atoms with Crippen molar-refractivity contribution in [3.8, 4) is 11.1 Å². The minimum absolute atomic E-state index is 0.177. The van der Waals surface area contributed by atoms with E-state index >= 15 is 0 Å². The first-order chi connectivity index (χ1) is 17.1. The number of morpholine rings is 1. The minimum atomic E-state index is -0.177. The highest BCUT2D eigenvalue weighted by atomic mass is 16.5. The van der Waals surface area contributed by atoms with Crippen LogP contribution in [0.3, 0.4) is 0 Å². The highest BCUT2D eigenvalue weighted by molar-refractivity contribution is 6.04. The Morgan fingerprint density at radius 2 is 1.57 bits per heavy atom. The number of aryl methyl sites for hydroxylation is 1. The first kappa shape index (κ1) is 22.6. The van der Waals surface area contributed by atoms with E-state index in [0.717, 1.165) is 54.5 Å². The maximum absolute atomic E-state index is 12.8. The van der Waals surface area contributed by atoms with Crippen molar-refractivity contribution in [2.45, 2.75) is 6.92 Å². The Balaban J connectivity index is 1.22. The normalized spacial score (nSPS) is 13.3. The third-order valence-corrected chi connectivity index (χ3v) is 5.92. The van der Waals surface area contributed by atoms with Crippen LogP contribution in [-0.2, 0) is 4.74 Å². The molecule has 3 aromatic carbocycles. The number of amides is 1. The van der Waals surface area contributed by atoms with Crippen molar-refractivity contribution in [2.24, 2.45) is 0 Å². The van der Waals surface area contributed by atoms with Crippen LogP contribution >= 0.6 is 0 Å². The molecule has 0 spiro atoms. The van der Waals surface area contributed by atoms with E-state index in [4.69, 9.17) is 4.74 Å². The summed E-state index contributed by atoms with van der Waals surface area (Å²) >= 11 is 0. The maximum Gasteiger partial charge on any atom is 0.255 e. The molecule has 7 heteroatoms. The number of carbonyl (C=O) groups is 1. The molecule has 4 aromatic rings. The summed E-state index contributed by atoms with van der Waals surface area (Å²) in [6.45, 7) is 5.30. The Bertz CT molecular complexity index is 1280. The van der Waals surface area contributed by atoms with Gasteiger partial charge in [-0.3, -0.25) is 4.79 Å². The molecule has 1 aromatic heterocycles. The Hall–Kier alpha value is -4.23. The van der Waals surface area contributed by atoms with E-state index in [2.05, 4.69) is 56.7 Å². The second-order valence-corrected chi connectivity index (χ2v) is 8.47. The van der Waals surface area contributed by atoms with Crippen LogP contribution in [0.15, 0.2) is 85.2 Å². The number of hydrogen-bond acceptors (Lipinski definition) is 6. The van der Waals surface area contributed by atoms with Crippen LogP contribution < -0.4 is 15.5 Å². The van der Waals surface area contributed by atoms with Crippen LogP contribution in [0.25, 0.3) is 11.1 Å². The third-order valence-electron chi connectivity index (χ3n) is 5.92. The molecule has 176 valence electrons. The second-order valence-electron chi connectivity index (χ2n) is 8.47. The van der Waals surface area contributed by atoms with Gasteiger partial charge in [0.2, 0.25) is 5.95 Å². The molecular weight excluding hydrogens is 438 g/mol. The molecule has 2 heterocycles. The summed E-state index contributed by atoms with van der Waals surface area (Å²) < 4.78 is 5.41. The zero-order valence-electron chi connectivity index (χ0n) is 19.6. The number of benzene rings is 3. The van der Waals surface area contributed by atoms with E-state index in [1.54, 1.807) is 24.5 Å². The Morgan fingerprint density at radius 3 is 2.29 bits per heavy atom. The lowest BCUT2D eigenvalue weighted by Gasteiger charge is -2.28. The third kappa shape index (κ3) is 5.65. The van der Waals surface area contributed by atoms with Gasteiger partial charge in [0.25, 0.3) is 5.91 Å². The van der Waals surface area contributed by atoms with E-state index in [-0.39, 0.29) is 5.91 Å². The SMILES string of the molecule is Cc1ccc(-c2cnc(Nc3cccc(C(=O)Nc4ccc(N5CCOCC5)cc4)c3)nc2)cc1. The molecule has 5 rings (SSSR count). The fourth-order valence-electron chi connectivity index (χ4n) is 3.94. The number of rotatable bonds is 6. The summed E-state index contributed by atoms with van der Waals surface area (Å²) in [7, 11) is 0. The number of aromatic nitrogens is 2. The lowest BCUT2D eigenvalue weighted by Crippen LogP contribution is -2.36. The van der Waals surface area contributed by atoms with Crippen LogP contribution in [0, 0.1) is 6.92 Å². The fraction of sp³-hybridized carbons (Fsp3) is 0.179. The van der Waals surface area contributed by atoms with Gasteiger partial charge < -0.3 is 20.3 Å². The van der Waals surface area contributed by atoms with Crippen LogP contribution in [-0.4, -0.2) is 42.2 Å². The molecule has 0 bridgehead atoms. The highest BCUT2D eigenvalue weighted by Gasteiger charge is 2.12. The number of hydrogen-bond donors (Lipinski definition) is 2. The van der Waals surface area contributed by atoms with Gasteiger partial charge in [0.1, 0.15) is 0 Å². The van der Waals surface area contributed by atoms with E-state index in [0.29, 0.717) is 11.5 Å². The van der Waals surface area contributed by atoms with Crippen LogP contribution in [0.4, 0.5) is 23.0 Å². The smallest absolute Gasteiger partial charge is 0.255 e. The van der Waals surface area contributed by atoms with Crippen molar-refractivity contribution in [1.29, 1.82) is 0 Å². The quantitative estimate of drug-likeness (QED) is 0.403. The molecule has 2 N–H and O–H groups in total. The molecule has 0 unspecified atom stereocenters. The number of carbonyl (C=O) groups excluding carboxylic acids is 1. The second kappa shape index (κ2) is 10.4. The van der Waals surface area contributed by atoms with Crippen molar-refractivity contribution in [3.63, 3.8) is 0 Å². The minimum Gasteiger partial charge on any atom is -0.378 e. The van der Waals surface area contributed by atoms with E-state index < -0.39 is 0 Å². The first-order valence-corrected chi connectivity index (χ1v) is 11.6. The van der Waals surface area contributed by atoms with E-state index in [1.165, 1.54) is 5.56 Å². The van der Waals surface area contributed by atoms with Crippen molar-refractivity contribution in [2.75, 3.05) is 41.8 Å². The standard InChI is InChI=1S/C28H27N5O2/c1-20-5-7-21(8-6-20)23-18-29-28(30-19-23)32-25-4-2-3-22(17-25)27(34)31-24-9-11-26(12-10-24)33-13-15-35-16-14-33/h2-12,17-19H,13-16H2,1H3,(H,31,34)(H,29,30,32). The van der Waals surface area contributed by atoms with Gasteiger partial charge in [-0.15, -0.1) is 0 Å². The Labute approximate surface area is 204 Å². The molecule has 0 saturated carbocycles. The molecule has 1 amide bonds. The molecule has 0 atom stereocenters. The monoisotopic (exact) mass is 465 g/mol. The Morgan fingerprint density at radius 1 is 0.857 bits per heavy atom. The van der Waals surface area contributed by atoms with Gasteiger partial charge in [-0.1, -0.05) is 35.9 Å². The zero-order valence-corrected chi connectivity index (χ0v) is 19.6. The summed E-state index contributed by atoms with van der Waals surface area (Å²) in [4.78, 5) is 24.0. The van der Waals surface area contributed by atoms with Crippen LogP contribution in [0.2, 0.25) is 0 Å². The summed E-state index contributed by atoms with van der Waals surface area (Å²) in [6, 6.07) is 23.4. The molecule has 1 fully saturated rings. The molecular formula is C28H27N5O2. The van der Waals surface area contributed by atoms with Crippen molar-refractivity contribution in [3.05, 3.63) is 96.3 Å². The predicted octanol–water partition coefficient (Wildman–Crippen LogP) is 5.28. The average Bonchev–Trinajstić information content (AvgIpc) is 2.91. The van der Waals surface area contributed by atoms with Gasteiger partial charge in [-0.25, -0.2) is 9.97 Å².